The lowest BCUT2D eigenvalue weighted by molar-refractivity contribution is -0.119. The van der Waals surface area contributed by atoms with Crippen molar-refractivity contribution in [2.45, 2.75) is 46.1 Å². The van der Waals surface area contributed by atoms with E-state index in [0.29, 0.717) is 6.54 Å². The van der Waals surface area contributed by atoms with Crippen LogP contribution in [0.15, 0.2) is 91.1 Å². The molecular weight excluding hydrogens is 484 g/mol. The predicted molar refractivity (Wildman–Crippen MR) is 158 cm³/mol. The minimum Gasteiger partial charge on any atom is -0.316 e. The van der Waals surface area contributed by atoms with E-state index in [1.807, 2.05) is 65.7 Å². The van der Waals surface area contributed by atoms with Crippen LogP contribution in [0.3, 0.4) is 0 Å². The number of anilines is 2. The Morgan fingerprint density at radius 2 is 1.67 bits per heavy atom. The summed E-state index contributed by atoms with van der Waals surface area (Å²) < 4.78 is 2.16. The van der Waals surface area contributed by atoms with Gasteiger partial charge in [-0.15, -0.1) is 0 Å². The van der Waals surface area contributed by atoms with Gasteiger partial charge in [-0.05, 0) is 67.3 Å². The van der Waals surface area contributed by atoms with E-state index in [-0.39, 0.29) is 24.5 Å². The van der Waals surface area contributed by atoms with Crippen molar-refractivity contribution in [3.63, 3.8) is 0 Å². The number of benzene rings is 3. The van der Waals surface area contributed by atoms with Crippen molar-refractivity contribution in [1.29, 1.82) is 0 Å². The zero-order chi connectivity index (χ0) is 27.4. The zero-order valence-corrected chi connectivity index (χ0v) is 22.9. The zero-order valence-electron chi connectivity index (χ0n) is 22.9. The number of carbonyl (C=O) groups excluding carboxylic acids is 2. The number of hydrogen-bond acceptors (Lipinski definition) is 2. The first-order chi connectivity index (χ1) is 19.0. The van der Waals surface area contributed by atoms with Crippen LogP contribution in [-0.4, -0.2) is 34.5 Å². The number of carbonyl (C=O) groups is 2. The van der Waals surface area contributed by atoms with Gasteiger partial charge in [0.2, 0.25) is 5.91 Å². The Balaban J connectivity index is 1.49. The van der Waals surface area contributed by atoms with Gasteiger partial charge in [-0.25, -0.2) is 4.79 Å². The Morgan fingerprint density at radius 1 is 0.897 bits per heavy atom. The molecule has 6 heteroatoms. The van der Waals surface area contributed by atoms with Crippen LogP contribution in [0.4, 0.5) is 16.2 Å². The van der Waals surface area contributed by atoms with Crippen molar-refractivity contribution in [3.8, 4) is 5.69 Å². The number of para-hydroxylation sites is 2. The number of hydrogen-bond donors (Lipinski definition) is 1. The topological polar surface area (TPSA) is 57.6 Å². The van der Waals surface area contributed by atoms with Crippen LogP contribution in [0.5, 0.6) is 0 Å². The molecule has 2 heterocycles. The largest absolute Gasteiger partial charge is 0.322 e. The molecule has 0 spiro atoms. The number of nitrogens with one attached hydrogen (secondary N) is 1. The van der Waals surface area contributed by atoms with Gasteiger partial charge in [-0.1, -0.05) is 74.4 Å². The second-order valence-electron chi connectivity index (χ2n) is 10.1. The van der Waals surface area contributed by atoms with Crippen LogP contribution in [0.2, 0.25) is 0 Å². The maximum absolute atomic E-state index is 14.3. The molecule has 1 atom stereocenters. The molecule has 3 aromatic carbocycles. The van der Waals surface area contributed by atoms with Crippen molar-refractivity contribution >= 4 is 23.3 Å². The van der Waals surface area contributed by atoms with E-state index in [0.717, 1.165) is 58.7 Å². The Morgan fingerprint density at radius 3 is 2.41 bits per heavy atom. The molecule has 4 aromatic rings. The molecule has 5 rings (SSSR count). The summed E-state index contributed by atoms with van der Waals surface area (Å²) in [5.74, 6) is -0.117. The molecule has 0 fully saturated rings. The van der Waals surface area contributed by atoms with Gasteiger partial charge >= 0.3 is 6.03 Å². The third kappa shape index (κ3) is 5.46. The Labute approximate surface area is 230 Å². The summed E-state index contributed by atoms with van der Waals surface area (Å²) in [5.41, 5.74) is 6.90. The molecule has 0 bridgehead atoms. The Hall–Kier alpha value is -4.32. The quantitative estimate of drug-likeness (QED) is 0.269. The molecule has 1 aliphatic heterocycles. The summed E-state index contributed by atoms with van der Waals surface area (Å²) in [6.07, 6.45) is 4.67. The van der Waals surface area contributed by atoms with E-state index >= 15 is 0 Å². The number of amides is 3. The first kappa shape index (κ1) is 26.3. The summed E-state index contributed by atoms with van der Waals surface area (Å²) in [4.78, 5) is 31.3. The second kappa shape index (κ2) is 11.6. The minimum atomic E-state index is -0.305. The SMILES string of the molecule is CCCCN(CC(=O)N1c2ccccc2-n2cccc2C1c1ccc(C)cc1)C(=O)Nc1cccc(CC)c1. The molecule has 0 aliphatic carbocycles. The molecule has 0 saturated heterocycles. The highest BCUT2D eigenvalue weighted by molar-refractivity contribution is 6.01. The van der Waals surface area contributed by atoms with Gasteiger partial charge in [-0.3, -0.25) is 9.69 Å². The van der Waals surface area contributed by atoms with Crippen LogP contribution in [0.1, 0.15) is 55.1 Å². The first-order valence-corrected chi connectivity index (χ1v) is 13.8. The Kier molecular flexibility index (Phi) is 7.82. The lowest BCUT2D eigenvalue weighted by Crippen LogP contribution is -2.48. The number of aromatic nitrogens is 1. The number of nitrogens with zero attached hydrogens (tertiary/aromatic N) is 3. The molecule has 39 heavy (non-hydrogen) atoms. The van der Waals surface area contributed by atoms with Gasteiger partial charge in [0.05, 0.1) is 17.1 Å². The van der Waals surface area contributed by atoms with Crippen molar-refractivity contribution in [2.75, 3.05) is 23.3 Å². The fourth-order valence-corrected chi connectivity index (χ4v) is 5.24. The molecular formula is C33H36N4O2. The lowest BCUT2D eigenvalue weighted by Gasteiger charge is -2.39. The highest BCUT2D eigenvalue weighted by Crippen LogP contribution is 2.42. The fourth-order valence-electron chi connectivity index (χ4n) is 5.24. The average molecular weight is 521 g/mol. The highest BCUT2D eigenvalue weighted by atomic mass is 16.2. The maximum atomic E-state index is 14.3. The van der Waals surface area contributed by atoms with Gasteiger partial charge in [0.25, 0.3) is 0 Å². The Bertz CT molecular complexity index is 1460. The van der Waals surface area contributed by atoms with Crippen molar-refractivity contribution in [1.82, 2.24) is 9.47 Å². The molecule has 3 amide bonds. The van der Waals surface area contributed by atoms with Crippen LogP contribution >= 0.6 is 0 Å². The van der Waals surface area contributed by atoms with E-state index in [9.17, 15) is 9.59 Å². The van der Waals surface area contributed by atoms with Gasteiger partial charge in [0.15, 0.2) is 0 Å². The van der Waals surface area contributed by atoms with E-state index in [2.05, 4.69) is 61.0 Å². The van der Waals surface area contributed by atoms with E-state index in [4.69, 9.17) is 0 Å². The molecule has 1 aliphatic rings. The third-order valence-corrected chi connectivity index (χ3v) is 7.36. The minimum absolute atomic E-state index is 0.0172. The molecule has 200 valence electrons. The van der Waals surface area contributed by atoms with Gasteiger partial charge < -0.3 is 14.8 Å². The number of urea groups is 1. The van der Waals surface area contributed by atoms with Crippen molar-refractivity contribution < 1.29 is 9.59 Å². The summed E-state index contributed by atoms with van der Waals surface area (Å²) in [5, 5.41) is 3.03. The average Bonchev–Trinajstić information content (AvgIpc) is 3.45. The van der Waals surface area contributed by atoms with E-state index in [1.165, 1.54) is 0 Å². The molecule has 0 radical (unpaired) electrons. The van der Waals surface area contributed by atoms with E-state index in [1.54, 1.807) is 4.90 Å². The normalized spacial score (nSPS) is 13.9. The fraction of sp³-hybridized carbons (Fsp3) is 0.273. The summed E-state index contributed by atoms with van der Waals surface area (Å²) in [7, 11) is 0. The highest BCUT2D eigenvalue weighted by Gasteiger charge is 2.36. The van der Waals surface area contributed by atoms with Crippen LogP contribution < -0.4 is 10.2 Å². The number of aryl methyl sites for hydroxylation is 2. The van der Waals surface area contributed by atoms with Gasteiger partial charge in [0, 0.05) is 18.4 Å². The molecule has 6 nitrogen and oxygen atoms in total. The molecule has 1 N–H and O–H groups in total. The van der Waals surface area contributed by atoms with Crippen molar-refractivity contribution in [3.05, 3.63) is 114 Å². The number of unbranched alkanes of at least 4 members (excludes halogenated alkanes) is 1. The lowest BCUT2D eigenvalue weighted by atomic mass is 9.97. The number of fused-ring (bicyclic) bond motifs is 3. The number of rotatable bonds is 8. The van der Waals surface area contributed by atoms with Crippen LogP contribution in [0, 0.1) is 6.92 Å². The predicted octanol–water partition coefficient (Wildman–Crippen LogP) is 7.12. The standard InChI is InChI=1S/C33H36N4O2/c1-4-6-20-35(33(39)34-27-12-9-11-25(5-2)22-27)23-31(38)37-29-14-8-7-13-28(29)36-21-10-15-30(36)32(37)26-18-16-24(3)17-19-26/h7-19,21-22,32H,4-6,20,23H2,1-3H3,(H,34,39). The van der Waals surface area contributed by atoms with Crippen molar-refractivity contribution in [2.24, 2.45) is 0 Å². The monoisotopic (exact) mass is 520 g/mol. The summed E-state index contributed by atoms with van der Waals surface area (Å²) >= 11 is 0. The first-order valence-electron chi connectivity index (χ1n) is 13.8. The maximum Gasteiger partial charge on any atom is 0.322 e. The third-order valence-electron chi connectivity index (χ3n) is 7.36. The smallest absolute Gasteiger partial charge is 0.316 e. The van der Waals surface area contributed by atoms with Gasteiger partial charge in [0.1, 0.15) is 12.6 Å². The summed E-state index contributed by atoms with van der Waals surface area (Å²) in [6, 6.07) is 27.7. The van der Waals surface area contributed by atoms with Crippen LogP contribution in [-0.2, 0) is 11.2 Å². The second-order valence-corrected chi connectivity index (χ2v) is 10.1. The molecule has 1 aromatic heterocycles. The van der Waals surface area contributed by atoms with Crippen LogP contribution in [0.25, 0.3) is 5.69 Å². The van der Waals surface area contributed by atoms with E-state index < -0.39 is 0 Å². The van der Waals surface area contributed by atoms with Gasteiger partial charge in [-0.2, -0.15) is 0 Å². The molecule has 0 saturated carbocycles. The molecule has 1 unspecified atom stereocenters. The summed E-state index contributed by atoms with van der Waals surface area (Å²) in [6.45, 7) is 6.72.